The Labute approximate surface area is 323 Å². The predicted molar refractivity (Wildman–Crippen MR) is 224 cm³/mol. The molecule has 8 nitrogen and oxygen atoms in total. The van der Waals surface area contributed by atoms with E-state index in [9.17, 15) is 0 Å². The smallest absolute Gasteiger partial charge is 0.180 e. The minimum atomic E-state index is 0.555. The van der Waals surface area contributed by atoms with Crippen molar-refractivity contribution in [2.75, 3.05) is 0 Å². The van der Waals surface area contributed by atoms with Crippen molar-refractivity contribution in [2.24, 2.45) is 0 Å². The van der Waals surface area contributed by atoms with E-state index in [2.05, 4.69) is 36.4 Å². The van der Waals surface area contributed by atoms with Crippen LogP contribution in [0.15, 0.2) is 168 Å². The Morgan fingerprint density at radius 3 is 1.77 bits per heavy atom. The molecule has 9 heteroatoms. The van der Waals surface area contributed by atoms with E-state index in [1.807, 2.05) is 121 Å². The number of benzene rings is 6. The number of aromatic nitrogens is 7. The van der Waals surface area contributed by atoms with Crippen molar-refractivity contribution < 1.29 is 4.42 Å². The number of nitrogens with zero attached hydrogens (tertiary/aromatic N) is 7. The molecule has 5 heterocycles. The molecular weight excluding hydrogens is 711 g/mol. The Hall–Kier alpha value is -7.49. The third-order valence-electron chi connectivity index (χ3n) is 9.88. The van der Waals surface area contributed by atoms with Gasteiger partial charge in [0.1, 0.15) is 23.1 Å². The Morgan fingerprint density at radius 1 is 0.429 bits per heavy atom. The standard InChI is InChI=1S/C47H27N7OS/c1-4-14-28(15-5-1)39-43-40(33-22-10-11-25-36(33)56-43)51-47(50-39)34-23-13-24-35-37(34)41-42(55-35)38(48-27-49-41)31-20-12-21-32(26-31)46-53-44(29-16-6-2-7-17-29)52-45(54-46)30-18-8-3-9-19-30/h1-27H. The molecule has 0 aliphatic carbocycles. The lowest BCUT2D eigenvalue weighted by atomic mass is 10.0. The van der Waals surface area contributed by atoms with E-state index in [0.29, 0.717) is 45.7 Å². The number of hydrogen-bond donors (Lipinski definition) is 0. The minimum absolute atomic E-state index is 0.555. The zero-order valence-corrected chi connectivity index (χ0v) is 30.4. The number of furan rings is 1. The van der Waals surface area contributed by atoms with E-state index < -0.39 is 0 Å². The third-order valence-corrected chi connectivity index (χ3v) is 11.0. The molecule has 0 atom stereocenters. The first kappa shape index (κ1) is 32.0. The first-order chi connectivity index (χ1) is 27.7. The molecule has 56 heavy (non-hydrogen) atoms. The third kappa shape index (κ3) is 5.40. The van der Waals surface area contributed by atoms with E-state index in [4.69, 9.17) is 39.3 Å². The highest BCUT2D eigenvalue weighted by molar-refractivity contribution is 7.26. The summed E-state index contributed by atoms with van der Waals surface area (Å²) < 4.78 is 8.86. The van der Waals surface area contributed by atoms with Crippen LogP contribution in [0.5, 0.6) is 0 Å². The first-order valence-electron chi connectivity index (χ1n) is 18.1. The largest absolute Gasteiger partial charge is 0.452 e. The molecule has 11 rings (SSSR count). The highest BCUT2D eigenvalue weighted by atomic mass is 32.1. The summed E-state index contributed by atoms with van der Waals surface area (Å²) in [7, 11) is 0. The molecule has 0 saturated carbocycles. The molecule has 0 aliphatic heterocycles. The van der Waals surface area contributed by atoms with Gasteiger partial charge in [0.2, 0.25) is 0 Å². The number of thiophene rings is 1. The second kappa shape index (κ2) is 13.1. The summed E-state index contributed by atoms with van der Waals surface area (Å²) in [5, 5.41) is 1.93. The SMILES string of the molecule is c1ccc(-c2nc(-c3ccccc3)nc(-c3cccc(-c4ncnc5c4oc4cccc(-c6nc(-c7ccccc7)c7sc8ccccc8c7n6)c45)c3)n2)cc1. The van der Waals surface area contributed by atoms with Gasteiger partial charge in [0.05, 0.1) is 21.3 Å². The molecule has 0 aliphatic rings. The van der Waals surface area contributed by atoms with Gasteiger partial charge < -0.3 is 4.42 Å². The van der Waals surface area contributed by atoms with Crippen molar-refractivity contribution >= 4 is 53.7 Å². The van der Waals surface area contributed by atoms with E-state index in [1.165, 1.54) is 4.70 Å². The Morgan fingerprint density at radius 2 is 1.04 bits per heavy atom. The number of fused-ring (bicyclic) bond motifs is 6. The molecule has 0 fully saturated rings. The van der Waals surface area contributed by atoms with Crippen LogP contribution in [0, 0.1) is 0 Å². The lowest BCUT2D eigenvalue weighted by Gasteiger charge is -2.09. The average molecular weight is 738 g/mol. The van der Waals surface area contributed by atoms with E-state index in [1.54, 1.807) is 17.7 Å². The van der Waals surface area contributed by atoms with Crippen LogP contribution in [0.2, 0.25) is 0 Å². The Bertz CT molecular complexity index is 3200. The van der Waals surface area contributed by atoms with Gasteiger partial charge in [-0.3, -0.25) is 0 Å². The molecular formula is C47H27N7OS. The second-order valence-electron chi connectivity index (χ2n) is 13.3. The maximum atomic E-state index is 6.64. The van der Waals surface area contributed by atoms with Gasteiger partial charge in [-0.1, -0.05) is 140 Å². The summed E-state index contributed by atoms with van der Waals surface area (Å²) in [5.41, 5.74) is 9.76. The Balaban J connectivity index is 1.07. The van der Waals surface area contributed by atoms with Gasteiger partial charge in [0.15, 0.2) is 28.9 Å². The molecule has 6 aromatic carbocycles. The zero-order chi connectivity index (χ0) is 37.0. The maximum Gasteiger partial charge on any atom is 0.180 e. The van der Waals surface area contributed by atoms with E-state index in [0.717, 1.165) is 60.1 Å². The van der Waals surface area contributed by atoms with Gasteiger partial charge in [-0.25, -0.2) is 34.9 Å². The quantitative estimate of drug-likeness (QED) is 0.166. The number of rotatable bonds is 6. The minimum Gasteiger partial charge on any atom is -0.452 e. The van der Waals surface area contributed by atoms with Gasteiger partial charge in [-0.2, -0.15) is 0 Å². The maximum absolute atomic E-state index is 6.64. The zero-order valence-electron chi connectivity index (χ0n) is 29.5. The van der Waals surface area contributed by atoms with Gasteiger partial charge in [0.25, 0.3) is 0 Å². The van der Waals surface area contributed by atoms with Gasteiger partial charge in [-0.15, -0.1) is 11.3 Å². The number of hydrogen-bond acceptors (Lipinski definition) is 9. The van der Waals surface area contributed by atoms with Crippen molar-refractivity contribution in [2.45, 2.75) is 0 Å². The fourth-order valence-electron chi connectivity index (χ4n) is 7.26. The highest BCUT2D eigenvalue weighted by Crippen LogP contribution is 2.42. The van der Waals surface area contributed by atoms with Crippen LogP contribution in [0.3, 0.4) is 0 Å². The summed E-state index contributed by atoms with van der Waals surface area (Å²) in [6.07, 6.45) is 1.59. The normalized spacial score (nSPS) is 11.6. The summed E-state index contributed by atoms with van der Waals surface area (Å²) in [6.45, 7) is 0. The van der Waals surface area contributed by atoms with Crippen LogP contribution in [-0.4, -0.2) is 34.9 Å². The summed E-state index contributed by atoms with van der Waals surface area (Å²) in [5.74, 6) is 2.36. The van der Waals surface area contributed by atoms with Crippen molar-refractivity contribution in [1.82, 2.24) is 34.9 Å². The van der Waals surface area contributed by atoms with Gasteiger partial charge >= 0.3 is 0 Å². The lowest BCUT2D eigenvalue weighted by molar-refractivity contribution is 0.667. The predicted octanol–water partition coefficient (Wildman–Crippen LogP) is 11.7. The van der Waals surface area contributed by atoms with Crippen LogP contribution in [-0.2, 0) is 0 Å². The summed E-state index contributed by atoms with van der Waals surface area (Å²) in [4.78, 5) is 34.8. The van der Waals surface area contributed by atoms with Crippen molar-refractivity contribution in [1.29, 1.82) is 0 Å². The van der Waals surface area contributed by atoms with Crippen molar-refractivity contribution in [3.8, 4) is 68.1 Å². The molecule has 0 unspecified atom stereocenters. The van der Waals surface area contributed by atoms with E-state index >= 15 is 0 Å². The van der Waals surface area contributed by atoms with Gasteiger partial charge in [0, 0.05) is 43.5 Å². The lowest BCUT2D eigenvalue weighted by Crippen LogP contribution is -2.00. The molecule has 0 N–H and O–H groups in total. The summed E-state index contributed by atoms with van der Waals surface area (Å²) >= 11 is 1.72. The van der Waals surface area contributed by atoms with Crippen LogP contribution < -0.4 is 0 Å². The Kier molecular flexibility index (Phi) is 7.49. The molecule has 5 aromatic heterocycles. The van der Waals surface area contributed by atoms with Crippen LogP contribution in [0.4, 0.5) is 0 Å². The average Bonchev–Trinajstić information content (AvgIpc) is 3.86. The van der Waals surface area contributed by atoms with Crippen LogP contribution >= 0.6 is 11.3 Å². The second-order valence-corrected chi connectivity index (χ2v) is 14.4. The molecule has 11 aromatic rings. The molecule has 0 amide bonds. The molecule has 0 radical (unpaired) electrons. The molecule has 0 saturated heterocycles. The van der Waals surface area contributed by atoms with Gasteiger partial charge in [-0.05, 0) is 18.2 Å². The highest BCUT2D eigenvalue weighted by Gasteiger charge is 2.22. The molecule has 0 bridgehead atoms. The van der Waals surface area contributed by atoms with Crippen molar-refractivity contribution in [3.63, 3.8) is 0 Å². The van der Waals surface area contributed by atoms with Crippen LogP contribution in [0.1, 0.15) is 0 Å². The first-order valence-corrected chi connectivity index (χ1v) is 19.0. The molecule has 0 spiro atoms. The van der Waals surface area contributed by atoms with Crippen molar-refractivity contribution in [3.05, 3.63) is 164 Å². The summed E-state index contributed by atoms with van der Waals surface area (Å²) in [6, 6.07) is 52.6. The van der Waals surface area contributed by atoms with E-state index in [-0.39, 0.29) is 0 Å². The monoisotopic (exact) mass is 737 g/mol. The fraction of sp³-hybridized carbons (Fsp3) is 0. The fourth-order valence-corrected chi connectivity index (χ4v) is 8.41. The molecule has 262 valence electrons. The van der Waals surface area contributed by atoms with Crippen LogP contribution in [0.25, 0.3) is 110 Å². The topological polar surface area (TPSA) is 103 Å².